The van der Waals surface area contributed by atoms with Crippen molar-refractivity contribution in [2.24, 2.45) is 0 Å². The Balaban J connectivity index is 1.54. The molecule has 4 rings (SSSR count). The number of rotatable bonds is 8. The van der Waals surface area contributed by atoms with Gasteiger partial charge in [0.25, 0.3) is 0 Å². The number of carbonyl (C=O) groups is 1. The molecule has 1 aliphatic rings. The lowest BCUT2D eigenvalue weighted by atomic mass is 9.83. The number of nitrogens with zero attached hydrogens (tertiary/aromatic N) is 1. The molecule has 4 N–H and O–H groups in total. The monoisotopic (exact) mass is 462 g/mol. The fourth-order valence-electron chi connectivity index (χ4n) is 4.28. The molecule has 0 saturated carbocycles. The fourth-order valence-corrected chi connectivity index (χ4v) is 4.28. The number of hydrogen-bond donors (Lipinski definition) is 4. The zero-order valence-corrected chi connectivity index (χ0v) is 19.7. The van der Waals surface area contributed by atoms with Gasteiger partial charge in [0, 0.05) is 19.3 Å². The molecule has 1 aliphatic heterocycles. The second-order valence-electron chi connectivity index (χ2n) is 9.43. The van der Waals surface area contributed by atoms with Gasteiger partial charge in [0.15, 0.2) is 0 Å². The summed E-state index contributed by atoms with van der Waals surface area (Å²) < 4.78 is 14.1. The SMILES string of the molecule is C[C@H](CN[C@H](c1cccc(F)c1)[C@H]1CNc2cccnc2N1)c1cccc(C(C)(C)C(=O)O)c1. The topological polar surface area (TPSA) is 86.3 Å². The van der Waals surface area contributed by atoms with E-state index >= 15 is 0 Å². The standard InChI is InChI=1S/C27H31FN4O2/c1-17(18-7-4-9-20(13-18)27(2,3)26(33)34)15-31-24(19-8-5-10-21(28)14-19)23-16-30-22-11-6-12-29-25(22)32-23/h4-14,17,23-24,30-31H,15-16H2,1-3H3,(H,29,32)(H,33,34)/t17-,23-,24-/m1/s1. The summed E-state index contributed by atoms with van der Waals surface area (Å²) in [5.74, 6) is -0.240. The van der Waals surface area contributed by atoms with Crippen LogP contribution in [0.5, 0.6) is 0 Å². The van der Waals surface area contributed by atoms with Gasteiger partial charge in [-0.3, -0.25) is 4.79 Å². The van der Waals surface area contributed by atoms with Gasteiger partial charge in [0.05, 0.1) is 23.2 Å². The molecule has 0 bridgehead atoms. The van der Waals surface area contributed by atoms with Crippen molar-refractivity contribution in [1.29, 1.82) is 0 Å². The largest absolute Gasteiger partial charge is 0.481 e. The van der Waals surface area contributed by atoms with Gasteiger partial charge in [-0.1, -0.05) is 43.3 Å². The van der Waals surface area contributed by atoms with Crippen LogP contribution < -0.4 is 16.0 Å². The van der Waals surface area contributed by atoms with Gasteiger partial charge in [-0.2, -0.15) is 0 Å². The zero-order valence-electron chi connectivity index (χ0n) is 19.7. The van der Waals surface area contributed by atoms with Crippen LogP contribution in [0.3, 0.4) is 0 Å². The first-order valence-corrected chi connectivity index (χ1v) is 11.5. The van der Waals surface area contributed by atoms with Crippen LogP contribution in [0.25, 0.3) is 0 Å². The van der Waals surface area contributed by atoms with Crippen molar-refractivity contribution in [3.63, 3.8) is 0 Å². The Morgan fingerprint density at radius 2 is 1.94 bits per heavy atom. The summed E-state index contributed by atoms with van der Waals surface area (Å²) in [6.07, 6.45) is 1.74. The lowest BCUT2D eigenvalue weighted by Crippen LogP contribution is -2.45. The highest BCUT2D eigenvalue weighted by atomic mass is 19.1. The number of benzene rings is 2. The Bertz CT molecular complexity index is 1170. The first-order chi connectivity index (χ1) is 16.3. The van der Waals surface area contributed by atoms with Gasteiger partial charge >= 0.3 is 5.97 Å². The molecule has 2 heterocycles. The third-order valence-corrected chi connectivity index (χ3v) is 6.61. The number of carboxylic acids is 1. The average Bonchev–Trinajstić information content (AvgIpc) is 2.84. The maximum atomic E-state index is 14.1. The minimum absolute atomic E-state index is 0.0475. The van der Waals surface area contributed by atoms with Gasteiger partial charge in [-0.15, -0.1) is 0 Å². The van der Waals surface area contributed by atoms with E-state index in [0.717, 1.165) is 28.2 Å². The minimum atomic E-state index is -0.967. The third-order valence-electron chi connectivity index (χ3n) is 6.61. The van der Waals surface area contributed by atoms with Crippen LogP contribution in [0, 0.1) is 5.82 Å². The number of pyridine rings is 1. The van der Waals surface area contributed by atoms with Crippen molar-refractivity contribution in [3.05, 3.63) is 89.4 Å². The lowest BCUT2D eigenvalue weighted by Gasteiger charge is -2.35. The van der Waals surface area contributed by atoms with Crippen LogP contribution in [-0.4, -0.2) is 35.2 Å². The van der Waals surface area contributed by atoms with Crippen LogP contribution in [0.1, 0.15) is 49.4 Å². The highest BCUT2D eigenvalue weighted by molar-refractivity contribution is 5.80. The van der Waals surface area contributed by atoms with Crippen LogP contribution >= 0.6 is 0 Å². The van der Waals surface area contributed by atoms with Crippen molar-refractivity contribution >= 4 is 17.5 Å². The summed E-state index contributed by atoms with van der Waals surface area (Å²) in [7, 11) is 0. The molecule has 6 nitrogen and oxygen atoms in total. The van der Waals surface area contributed by atoms with E-state index in [1.165, 1.54) is 6.07 Å². The Hall–Kier alpha value is -3.45. The molecule has 0 spiro atoms. The van der Waals surface area contributed by atoms with E-state index in [9.17, 15) is 14.3 Å². The Morgan fingerprint density at radius 1 is 1.18 bits per heavy atom. The minimum Gasteiger partial charge on any atom is -0.481 e. The number of hydrogen-bond acceptors (Lipinski definition) is 5. The number of aromatic nitrogens is 1. The summed E-state index contributed by atoms with van der Waals surface area (Å²) >= 11 is 0. The molecule has 0 radical (unpaired) electrons. The number of nitrogens with one attached hydrogen (secondary N) is 3. The maximum Gasteiger partial charge on any atom is 0.313 e. The van der Waals surface area contributed by atoms with Crippen LogP contribution in [0.4, 0.5) is 15.9 Å². The summed E-state index contributed by atoms with van der Waals surface area (Å²) in [4.78, 5) is 16.1. The number of halogens is 1. The number of anilines is 2. The average molecular weight is 463 g/mol. The molecule has 0 saturated heterocycles. The van der Waals surface area contributed by atoms with Crippen molar-refractivity contribution in [2.45, 2.75) is 44.2 Å². The third kappa shape index (κ3) is 5.04. The van der Waals surface area contributed by atoms with E-state index in [1.807, 2.05) is 42.5 Å². The van der Waals surface area contributed by atoms with E-state index in [4.69, 9.17) is 0 Å². The Morgan fingerprint density at radius 3 is 2.71 bits per heavy atom. The summed E-state index contributed by atoms with van der Waals surface area (Å²) in [5, 5.41) is 20.1. The van der Waals surface area contributed by atoms with Crippen molar-refractivity contribution in [2.75, 3.05) is 23.7 Å². The molecule has 0 unspecified atom stereocenters. The Kier molecular flexibility index (Phi) is 6.84. The summed E-state index contributed by atoms with van der Waals surface area (Å²) in [5.41, 5.74) is 2.66. The summed E-state index contributed by atoms with van der Waals surface area (Å²) in [6.45, 7) is 6.82. The molecule has 34 heavy (non-hydrogen) atoms. The molecule has 0 amide bonds. The second kappa shape index (κ2) is 9.81. The highest BCUT2D eigenvalue weighted by Crippen LogP contribution is 2.30. The molecule has 3 aromatic rings. The first kappa shape index (κ1) is 23.7. The molecule has 3 atom stereocenters. The number of carboxylic acid groups (broad SMARTS) is 1. The van der Waals surface area contributed by atoms with E-state index in [2.05, 4.69) is 27.9 Å². The quantitative estimate of drug-likeness (QED) is 0.380. The second-order valence-corrected chi connectivity index (χ2v) is 9.43. The molecular weight excluding hydrogens is 431 g/mol. The maximum absolute atomic E-state index is 14.1. The highest BCUT2D eigenvalue weighted by Gasteiger charge is 2.30. The molecule has 2 aromatic carbocycles. The predicted molar refractivity (Wildman–Crippen MR) is 133 cm³/mol. The molecule has 7 heteroatoms. The number of fused-ring (bicyclic) bond motifs is 1. The van der Waals surface area contributed by atoms with Crippen LogP contribution in [0.2, 0.25) is 0 Å². The smallest absolute Gasteiger partial charge is 0.313 e. The van der Waals surface area contributed by atoms with E-state index in [1.54, 1.807) is 32.2 Å². The molecule has 178 valence electrons. The normalized spacial score (nSPS) is 17.1. The molecule has 0 aliphatic carbocycles. The van der Waals surface area contributed by atoms with Gasteiger partial charge < -0.3 is 21.1 Å². The molecule has 1 aromatic heterocycles. The van der Waals surface area contributed by atoms with E-state index in [-0.39, 0.29) is 23.8 Å². The predicted octanol–water partition coefficient (Wildman–Crippen LogP) is 4.92. The number of aliphatic carboxylic acids is 1. The zero-order chi connectivity index (χ0) is 24.3. The van der Waals surface area contributed by atoms with Gasteiger partial charge in [-0.05, 0) is 60.7 Å². The summed E-state index contributed by atoms with van der Waals surface area (Å²) in [6, 6.07) is 18.1. The fraction of sp³-hybridized carbons (Fsp3) is 0.333. The van der Waals surface area contributed by atoms with E-state index in [0.29, 0.717) is 13.1 Å². The van der Waals surface area contributed by atoms with Gasteiger partial charge in [0.2, 0.25) is 0 Å². The lowest BCUT2D eigenvalue weighted by molar-refractivity contribution is -0.142. The van der Waals surface area contributed by atoms with Crippen molar-refractivity contribution in [1.82, 2.24) is 10.3 Å². The van der Waals surface area contributed by atoms with Crippen LogP contribution in [-0.2, 0) is 10.2 Å². The van der Waals surface area contributed by atoms with Crippen molar-refractivity contribution in [3.8, 4) is 0 Å². The van der Waals surface area contributed by atoms with Crippen LogP contribution in [0.15, 0.2) is 66.9 Å². The Labute approximate surface area is 199 Å². The van der Waals surface area contributed by atoms with Gasteiger partial charge in [-0.25, -0.2) is 9.37 Å². The van der Waals surface area contributed by atoms with E-state index < -0.39 is 11.4 Å². The first-order valence-electron chi connectivity index (χ1n) is 11.5. The van der Waals surface area contributed by atoms with Gasteiger partial charge in [0.1, 0.15) is 11.6 Å². The van der Waals surface area contributed by atoms with Crippen molar-refractivity contribution < 1.29 is 14.3 Å². The molecule has 0 fully saturated rings. The molecular formula is C27H31FN4O2.